The van der Waals surface area contributed by atoms with E-state index in [1.807, 2.05) is 0 Å². The maximum absolute atomic E-state index is 11.1. The second-order valence-electron chi connectivity index (χ2n) is 2.61. The van der Waals surface area contributed by atoms with Gasteiger partial charge in [-0.3, -0.25) is 4.79 Å². The Morgan fingerprint density at radius 3 is 2.38 bits per heavy atom. The molecule has 0 aliphatic rings. The number of phenols is 3. The van der Waals surface area contributed by atoms with Crippen molar-refractivity contribution in [1.29, 1.82) is 0 Å². The van der Waals surface area contributed by atoms with Gasteiger partial charge in [-0.1, -0.05) is 6.92 Å². The molecule has 0 spiro atoms. The highest BCUT2D eigenvalue weighted by Crippen LogP contribution is 2.37. The molecule has 0 aliphatic heterocycles. The minimum atomic E-state index is -0.653. The van der Waals surface area contributed by atoms with Crippen LogP contribution in [0, 0.1) is 0 Å². The molecule has 0 radical (unpaired) electrons. The number of rotatable bonds is 2. The Labute approximate surface area is 75.1 Å². The topological polar surface area (TPSA) is 77.8 Å². The highest BCUT2D eigenvalue weighted by atomic mass is 16.3. The largest absolute Gasteiger partial charge is 0.504 e. The fraction of sp³-hybridized carbons (Fsp3) is 0.222. The number of hydrogen-bond donors (Lipinski definition) is 3. The van der Waals surface area contributed by atoms with Gasteiger partial charge in [-0.05, 0) is 12.1 Å². The number of phenolic OH excluding ortho intramolecular Hbond substituents is 3. The van der Waals surface area contributed by atoms with E-state index < -0.39 is 17.2 Å². The first-order valence-electron chi connectivity index (χ1n) is 3.85. The van der Waals surface area contributed by atoms with Crippen molar-refractivity contribution in [2.45, 2.75) is 13.3 Å². The minimum Gasteiger partial charge on any atom is -0.504 e. The second kappa shape index (κ2) is 3.35. The van der Waals surface area contributed by atoms with Gasteiger partial charge in [0, 0.05) is 6.42 Å². The fourth-order valence-electron chi connectivity index (χ4n) is 0.984. The normalized spacial score (nSPS) is 9.92. The highest BCUT2D eigenvalue weighted by molar-refractivity contribution is 5.99. The van der Waals surface area contributed by atoms with E-state index in [0.717, 1.165) is 6.07 Å². The first-order valence-corrected chi connectivity index (χ1v) is 3.85. The number of carbonyl (C=O) groups is 1. The quantitative estimate of drug-likeness (QED) is 0.477. The summed E-state index contributed by atoms with van der Waals surface area (Å²) in [6.45, 7) is 1.64. The molecule has 0 aliphatic carbocycles. The number of benzene rings is 1. The molecule has 0 amide bonds. The summed E-state index contributed by atoms with van der Waals surface area (Å²) >= 11 is 0. The minimum absolute atomic E-state index is 0.0257. The van der Waals surface area contributed by atoms with Crippen LogP contribution in [0.25, 0.3) is 0 Å². The predicted octanol–water partition coefficient (Wildman–Crippen LogP) is 1.40. The third-order valence-corrected chi connectivity index (χ3v) is 1.75. The Bertz CT molecular complexity index is 344. The van der Waals surface area contributed by atoms with Crippen LogP contribution in [0.3, 0.4) is 0 Å². The van der Waals surface area contributed by atoms with Crippen molar-refractivity contribution in [3.63, 3.8) is 0 Å². The average molecular weight is 182 g/mol. The van der Waals surface area contributed by atoms with Crippen LogP contribution in [0.15, 0.2) is 12.1 Å². The zero-order valence-electron chi connectivity index (χ0n) is 7.11. The third-order valence-electron chi connectivity index (χ3n) is 1.75. The summed E-state index contributed by atoms with van der Waals surface area (Å²) in [5, 5.41) is 27.3. The molecule has 70 valence electrons. The Balaban J connectivity index is 3.26. The molecule has 0 saturated carbocycles. The summed E-state index contributed by atoms with van der Waals surface area (Å²) in [4.78, 5) is 11.1. The van der Waals surface area contributed by atoms with Crippen LogP contribution in [0.1, 0.15) is 23.7 Å². The van der Waals surface area contributed by atoms with Crippen molar-refractivity contribution in [2.75, 3.05) is 0 Å². The summed E-state index contributed by atoms with van der Waals surface area (Å²) in [5.74, 6) is -1.94. The molecule has 0 heterocycles. The lowest BCUT2D eigenvalue weighted by atomic mass is 10.1. The highest BCUT2D eigenvalue weighted by Gasteiger charge is 2.15. The molecule has 0 saturated heterocycles. The van der Waals surface area contributed by atoms with Gasteiger partial charge >= 0.3 is 0 Å². The number of hydrogen-bond acceptors (Lipinski definition) is 4. The summed E-state index contributed by atoms with van der Waals surface area (Å²) in [6.07, 6.45) is 0.234. The zero-order chi connectivity index (χ0) is 10.0. The first kappa shape index (κ1) is 9.38. The van der Waals surface area contributed by atoms with Crippen LogP contribution in [-0.2, 0) is 0 Å². The van der Waals surface area contributed by atoms with Gasteiger partial charge in [0.15, 0.2) is 17.3 Å². The number of ketones is 1. The third kappa shape index (κ3) is 1.56. The molecule has 4 nitrogen and oxygen atoms in total. The molecule has 13 heavy (non-hydrogen) atoms. The van der Waals surface area contributed by atoms with E-state index in [0.29, 0.717) is 0 Å². The summed E-state index contributed by atoms with van der Waals surface area (Å²) in [6, 6.07) is 2.44. The van der Waals surface area contributed by atoms with Crippen molar-refractivity contribution in [2.24, 2.45) is 0 Å². The standard InChI is InChI=1S/C9H10O4/c1-2-6(10)5-3-4-7(11)9(13)8(5)12/h3-4,11-13H,2H2,1H3. The lowest BCUT2D eigenvalue weighted by Crippen LogP contribution is -1.96. The van der Waals surface area contributed by atoms with E-state index in [1.165, 1.54) is 6.07 Å². The zero-order valence-corrected chi connectivity index (χ0v) is 7.11. The van der Waals surface area contributed by atoms with Crippen LogP contribution < -0.4 is 0 Å². The van der Waals surface area contributed by atoms with Crippen molar-refractivity contribution in [1.82, 2.24) is 0 Å². The van der Waals surface area contributed by atoms with Crippen molar-refractivity contribution < 1.29 is 20.1 Å². The number of aromatic hydroxyl groups is 3. The van der Waals surface area contributed by atoms with Crippen LogP contribution >= 0.6 is 0 Å². The molecule has 0 unspecified atom stereocenters. The van der Waals surface area contributed by atoms with E-state index in [-0.39, 0.29) is 17.8 Å². The van der Waals surface area contributed by atoms with Gasteiger partial charge in [0.1, 0.15) is 0 Å². The Hall–Kier alpha value is -1.71. The lowest BCUT2D eigenvalue weighted by Gasteiger charge is -2.04. The molecule has 3 N–H and O–H groups in total. The predicted molar refractivity (Wildman–Crippen MR) is 46.1 cm³/mol. The number of carbonyl (C=O) groups excluding carboxylic acids is 1. The van der Waals surface area contributed by atoms with Crippen LogP contribution in [0.2, 0.25) is 0 Å². The monoisotopic (exact) mass is 182 g/mol. The first-order chi connectivity index (χ1) is 6.07. The van der Waals surface area contributed by atoms with Gasteiger partial charge < -0.3 is 15.3 Å². The van der Waals surface area contributed by atoms with Gasteiger partial charge in [-0.2, -0.15) is 0 Å². The van der Waals surface area contributed by atoms with Crippen molar-refractivity contribution >= 4 is 5.78 Å². The maximum Gasteiger partial charge on any atom is 0.201 e. The van der Waals surface area contributed by atoms with E-state index >= 15 is 0 Å². The molecule has 1 aromatic carbocycles. The Morgan fingerprint density at radius 1 is 1.23 bits per heavy atom. The van der Waals surface area contributed by atoms with E-state index in [4.69, 9.17) is 10.2 Å². The molecule has 0 atom stereocenters. The summed E-state index contributed by atoms with van der Waals surface area (Å²) in [5.41, 5.74) is 0.0257. The van der Waals surface area contributed by atoms with Gasteiger partial charge in [0.05, 0.1) is 5.56 Å². The van der Waals surface area contributed by atoms with Crippen LogP contribution in [0.5, 0.6) is 17.2 Å². The van der Waals surface area contributed by atoms with E-state index in [9.17, 15) is 9.90 Å². The van der Waals surface area contributed by atoms with Gasteiger partial charge in [0.25, 0.3) is 0 Å². The molecule has 0 aromatic heterocycles. The molecule has 1 aromatic rings. The van der Waals surface area contributed by atoms with Crippen LogP contribution in [-0.4, -0.2) is 21.1 Å². The summed E-state index contributed by atoms with van der Waals surface area (Å²) in [7, 11) is 0. The van der Waals surface area contributed by atoms with E-state index in [1.54, 1.807) is 6.92 Å². The van der Waals surface area contributed by atoms with Crippen molar-refractivity contribution in [3.8, 4) is 17.2 Å². The number of Topliss-reactive ketones (excluding diaryl/α,β-unsaturated/α-hetero) is 1. The van der Waals surface area contributed by atoms with Crippen LogP contribution in [0.4, 0.5) is 0 Å². The summed E-state index contributed by atoms with van der Waals surface area (Å²) < 4.78 is 0. The molecule has 0 bridgehead atoms. The Morgan fingerprint density at radius 2 is 1.85 bits per heavy atom. The van der Waals surface area contributed by atoms with Gasteiger partial charge in [-0.25, -0.2) is 0 Å². The molecule has 0 fully saturated rings. The Kier molecular flexibility index (Phi) is 2.41. The molecule has 4 heteroatoms. The van der Waals surface area contributed by atoms with E-state index in [2.05, 4.69) is 0 Å². The SMILES string of the molecule is CCC(=O)c1ccc(O)c(O)c1O. The fourth-order valence-corrected chi connectivity index (χ4v) is 0.984. The average Bonchev–Trinajstić information content (AvgIpc) is 2.13. The maximum atomic E-state index is 11.1. The molecular formula is C9H10O4. The second-order valence-corrected chi connectivity index (χ2v) is 2.61. The lowest BCUT2D eigenvalue weighted by molar-refractivity contribution is 0.0985. The van der Waals surface area contributed by atoms with Gasteiger partial charge in [-0.15, -0.1) is 0 Å². The van der Waals surface area contributed by atoms with Crippen molar-refractivity contribution in [3.05, 3.63) is 17.7 Å². The van der Waals surface area contributed by atoms with Gasteiger partial charge in [0.2, 0.25) is 5.75 Å². The molecular weight excluding hydrogens is 172 g/mol. The molecule has 1 rings (SSSR count). The smallest absolute Gasteiger partial charge is 0.201 e.